The molecule has 0 amide bonds. The largest absolute Gasteiger partial charge is 0.492 e. The van der Waals surface area contributed by atoms with E-state index in [1.54, 1.807) is 18.7 Å². The fourth-order valence-electron chi connectivity index (χ4n) is 1.44. The number of ether oxygens (including phenoxy) is 1. The molecule has 4 heteroatoms. The van der Waals surface area contributed by atoms with Crippen LogP contribution in [0.15, 0.2) is 37.1 Å². The molecular weight excluding hydrogens is 202 g/mol. The normalized spacial score (nSPS) is 10.3. The summed E-state index contributed by atoms with van der Waals surface area (Å²) >= 11 is 0. The van der Waals surface area contributed by atoms with Crippen molar-refractivity contribution in [1.29, 1.82) is 0 Å². The third-order valence-electron chi connectivity index (χ3n) is 2.20. The summed E-state index contributed by atoms with van der Waals surface area (Å²) in [4.78, 5) is 8.34. The first-order valence-corrected chi connectivity index (χ1v) is 5.42. The second kappa shape index (κ2) is 5.30. The molecule has 2 aromatic rings. The molecular formula is C12H15N3O. The van der Waals surface area contributed by atoms with Crippen molar-refractivity contribution in [3.63, 3.8) is 0 Å². The van der Waals surface area contributed by atoms with Gasteiger partial charge in [0, 0.05) is 18.6 Å². The number of rotatable bonds is 5. The topological polar surface area (TPSA) is 39.9 Å². The molecule has 0 saturated heterocycles. The summed E-state index contributed by atoms with van der Waals surface area (Å²) in [5, 5.41) is 0. The molecule has 0 aliphatic heterocycles. The van der Waals surface area contributed by atoms with Crippen LogP contribution in [0.5, 0.6) is 5.75 Å². The van der Waals surface area contributed by atoms with Crippen LogP contribution in [0.25, 0.3) is 0 Å². The van der Waals surface area contributed by atoms with Gasteiger partial charge in [-0.3, -0.25) is 4.98 Å². The lowest BCUT2D eigenvalue weighted by atomic mass is 10.3. The number of aromatic nitrogens is 3. The molecule has 4 nitrogen and oxygen atoms in total. The van der Waals surface area contributed by atoms with Crippen molar-refractivity contribution in [1.82, 2.24) is 14.5 Å². The first-order valence-electron chi connectivity index (χ1n) is 5.42. The minimum Gasteiger partial charge on any atom is -0.492 e. The number of hydrogen-bond donors (Lipinski definition) is 0. The van der Waals surface area contributed by atoms with Crippen molar-refractivity contribution in [3.8, 4) is 5.75 Å². The van der Waals surface area contributed by atoms with Gasteiger partial charge in [-0.1, -0.05) is 6.92 Å². The van der Waals surface area contributed by atoms with Crippen molar-refractivity contribution in [2.45, 2.75) is 19.9 Å². The Kier molecular flexibility index (Phi) is 3.53. The fourth-order valence-corrected chi connectivity index (χ4v) is 1.44. The lowest BCUT2D eigenvalue weighted by Gasteiger charge is -2.09. The maximum Gasteiger partial charge on any atom is 0.142 e. The van der Waals surface area contributed by atoms with Crippen LogP contribution < -0.4 is 4.74 Å². The Morgan fingerprint density at radius 3 is 3.06 bits per heavy atom. The summed E-state index contributed by atoms with van der Waals surface area (Å²) in [5.74, 6) is 0.859. The average molecular weight is 217 g/mol. The standard InChI is InChI=1S/C12H15N3O/c1-2-8-16-12-4-3-5-14-11(12)9-15-7-6-13-10-15/h3-7,10H,2,8-9H2,1H3. The lowest BCUT2D eigenvalue weighted by Crippen LogP contribution is -2.04. The van der Waals surface area contributed by atoms with E-state index in [9.17, 15) is 0 Å². The van der Waals surface area contributed by atoms with Gasteiger partial charge in [0.2, 0.25) is 0 Å². The maximum atomic E-state index is 5.64. The van der Waals surface area contributed by atoms with Gasteiger partial charge in [-0.05, 0) is 18.6 Å². The predicted octanol–water partition coefficient (Wildman–Crippen LogP) is 2.12. The van der Waals surface area contributed by atoms with Crippen molar-refractivity contribution in [2.75, 3.05) is 6.61 Å². The first-order chi connectivity index (χ1) is 7.90. The van der Waals surface area contributed by atoms with Gasteiger partial charge in [-0.25, -0.2) is 4.98 Å². The predicted molar refractivity (Wildman–Crippen MR) is 61.4 cm³/mol. The molecule has 16 heavy (non-hydrogen) atoms. The third kappa shape index (κ3) is 2.59. The van der Waals surface area contributed by atoms with Gasteiger partial charge in [-0.2, -0.15) is 0 Å². The van der Waals surface area contributed by atoms with Crippen LogP contribution in [0.2, 0.25) is 0 Å². The maximum absolute atomic E-state index is 5.64. The Hall–Kier alpha value is -1.84. The number of imidazole rings is 1. The molecule has 0 fully saturated rings. The fraction of sp³-hybridized carbons (Fsp3) is 0.333. The quantitative estimate of drug-likeness (QED) is 0.770. The molecule has 2 rings (SSSR count). The van der Waals surface area contributed by atoms with Gasteiger partial charge in [0.15, 0.2) is 0 Å². The highest BCUT2D eigenvalue weighted by molar-refractivity contribution is 5.27. The van der Waals surface area contributed by atoms with Crippen molar-refractivity contribution in [3.05, 3.63) is 42.7 Å². The van der Waals surface area contributed by atoms with E-state index in [0.29, 0.717) is 6.54 Å². The summed E-state index contributed by atoms with van der Waals surface area (Å²) in [6.07, 6.45) is 8.23. The Morgan fingerprint density at radius 2 is 2.31 bits per heavy atom. The Bertz CT molecular complexity index is 426. The molecule has 0 aromatic carbocycles. The molecule has 0 unspecified atom stereocenters. The van der Waals surface area contributed by atoms with E-state index in [1.165, 1.54) is 0 Å². The van der Waals surface area contributed by atoms with E-state index >= 15 is 0 Å². The second-order valence-corrected chi connectivity index (χ2v) is 3.53. The number of nitrogens with zero attached hydrogens (tertiary/aromatic N) is 3. The van der Waals surface area contributed by atoms with E-state index in [2.05, 4.69) is 16.9 Å². The minimum atomic E-state index is 0.694. The zero-order valence-corrected chi connectivity index (χ0v) is 9.34. The summed E-state index contributed by atoms with van der Waals surface area (Å²) in [5.41, 5.74) is 0.939. The van der Waals surface area contributed by atoms with Crippen LogP contribution in [-0.4, -0.2) is 21.1 Å². The lowest BCUT2D eigenvalue weighted by molar-refractivity contribution is 0.311. The second-order valence-electron chi connectivity index (χ2n) is 3.53. The van der Waals surface area contributed by atoms with E-state index in [4.69, 9.17) is 4.74 Å². The minimum absolute atomic E-state index is 0.694. The molecule has 0 spiro atoms. The van der Waals surface area contributed by atoms with Crippen molar-refractivity contribution in [2.24, 2.45) is 0 Å². The third-order valence-corrected chi connectivity index (χ3v) is 2.20. The van der Waals surface area contributed by atoms with Gasteiger partial charge in [0.1, 0.15) is 11.4 Å². The summed E-state index contributed by atoms with van der Waals surface area (Å²) in [6.45, 7) is 3.51. The van der Waals surface area contributed by atoms with Gasteiger partial charge in [0.05, 0.1) is 19.5 Å². The van der Waals surface area contributed by atoms with Crippen LogP contribution in [0.3, 0.4) is 0 Å². The van der Waals surface area contributed by atoms with Gasteiger partial charge >= 0.3 is 0 Å². The van der Waals surface area contributed by atoms with E-state index < -0.39 is 0 Å². The molecule has 0 atom stereocenters. The van der Waals surface area contributed by atoms with Crippen LogP contribution in [0, 0.1) is 0 Å². The summed E-state index contributed by atoms with van der Waals surface area (Å²) < 4.78 is 7.61. The van der Waals surface area contributed by atoms with E-state index in [-0.39, 0.29) is 0 Å². The van der Waals surface area contributed by atoms with Crippen molar-refractivity contribution < 1.29 is 4.74 Å². The van der Waals surface area contributed by atoms with Crippen LogP contribution in [-0.2, 0) is 6.54 Å². The molecule has 0 aliphatic rings. The van der Waals surface area contributed by atoms with Gasteiger partial charge < -0.3 is 9.30 Å². The number of pyridine rings is 1. The molecule has 2 aromatic heterocycles. The zero-order chi connectivity index (χ0) is 11.2. The monoisotopic (exact) mass is 217 g/mol. The van der Waals surface area contributed by atoms with Crippen molar-refractivity contribution >= 4 is 0 Å². The zero-order valence-electron chi connectivity index (χ0n) is 9.34. The highest BCUT2D eigenvalue weighted by Crippen LogP contribution is 2.16. The smallest absolute Gasteiger partial charge is 0.142 e. The Balaban J connectivity index is 2.13. The highest BCUT2D eigenvalue weighted by atomic mass is 16.5. The van der Waals surface area contributed by atoms with Crippen LogP contribution in [0.1, 0.15) is 19.0 Å². The van der Waals surface area contributed by atoms with Crippen LogP contribution in [0.4, 0.5) is 0 Å². The first kappa shape index (κ1) is 10.7. The average Bonchev–Trinajstić information content (AvgIpc) is 2.81. The molecule has 0 aliphatic carbocycles. The molecule has 0 radical (unpaired) electrons. The molecule has 0 N–H and O–H groups in total. The molecule has 0 bridgehead atoms. The molecule has 2 heterocycles. The number of hydrogen-bond acceptors (Lipinski definition) is 3. The van der Waals surface area contributed by atoms with Gasteiger partial charge in [-0.15, -0.1) is 0 Å². The SMILES string of the molecule is CCCOc1cccnc1Cn1ccnc1. The highest BCUT2D eigenvalue weighted by Gasteiger charge is 2.04. The van der Waals surface area contributed by atoms with E-state index in [1.807, 2.05) is 22.9 Å². The van der Waals surface area contributed by atoms with E-state index in [0.717, 1.165) is 24.5 Å². The Morgan fingerprint density at radius 1 is 1.38 bits per heavy atom. The Labute approximate surface area is 94.9 Å². The molecule has 0 saturated carbocycles. The van der Waals surface area contributed by atoms with Crippen LogP contribution >= 0.6 is 0 Å². The van der Waals surface area contributed by atoms with Gasteiger partial charge in [0.25, 0.3) is 0 Å². The summed E-state index contributed by atoms with van der Waals surface area (Å²) in [6, 6.07) is 3.84. The summed E-state index contributed by atoms with van der Waals surface area (Å²) in [7, 11) is 0. The molecule has 84 valence electrons.